The van der Waals surface area contributed by atoms with E-state index in [1.807, 2.05) is 7.11 Å². The maximum atomic E-state index is 5.67. The van der Waals surface area contributed by atoms with Crippen molar-refractivity contribution >= 4 is 0 Å². The molecule has 0 unspecified atom stereocenters. The van der Waals surface area contributed by atoms with Crippen LogP contribution in [0.25, 0.3) is 0 Å². The number of nitrogens with zero attached hydrogens (tertiary/aromatic N) is 3. The van der Waals surface area contributed by atoms with Gasteiger partial charge in [0.15, 0.2) is 0 Å². The summed E-state index contributed by atoms with van der Waals surface area (Å²) in [6.45, 7) is 16.6. The van der Waals surface area contributed by atoms with Crippen LogP contribution >= 0.6 is 0 Å². The zero-order valence-electron chi connectivity index (χ0n) is 18.7. The molecule has 1 saturated carbocycles. The van der Waals surface area contributed by atoms with Crippen LogP contribution in [0.5, 0.6) is 0 Å². The Labute approximate surface area is 168 Å². The molecule has 27 heavy (non-hydrogen) atoms. The second kappa shape index (κ2) is 10.0. The van der Waals surface area contributed by atoms with Gasteiger partial charge in [-0.05, 0) is 77.3 Å². The van der Waals surface area contributed by atoms with Gasteiger partial charge in [-0.1, -0.05) is 13.8 Å². The highest BCUT2D eigenvalue weighted by molar-refractivity contribution is 4.92. The van der Waals surface area contributed by atoms with Crippen molar-refractivity contribution in [3.8, 4) is 0 Å². The SMILES string of the molecule is COC[C@H]1CN(C2CCN(C(C)C)CC2)CCN1C1CCC(C(C)C)CC1. The van der Waals surface area contributed by atoms with Gasteiger partial charge >= 0.3 is 0 Å². The van der Waals surface area contributed by atoms with Gasteiger partial charge in [0.2, 0.25) is 0 Å². The number of hydrogen-bond donors (Lipinski definition) is 0. The molecule has 2 heterocycles. The minimum atomic E-state index is 0.590. The summed E-state index contributed by atoms with van der Waals surface area (Å²) in [7, 11) is 1.88. The minimum Gasteiger partial charge on any atom is -0.383 e. The van der Waals surface area contributed by atoms with E-state index in [4.69, 9.17) is 4.74 Å². The molecule has 4 nitrogen and oxygen atoms in total. The van der Waals surface area contributed by atoms with Crippen LogP contribution in [0.4, 0.5) is 0 Å². The zero-order valence-corrected chi connectivity index (χ0v) is 18.7. The first-order valence-electron chi connectivity index (χ1n) is 11.7. The monoisotopic (exact) mass is 379 g/mol. The molecule has 4 heteroatoms. The lowest BCUT2D eigenvalue weighted by atomic mass is 9.79. The highest BCUT2D eigenvalue weighted by atomic mass is 16.5. The van der Waals surface area contributed by atoms with Gasteiger partial charge in [0.25, 0.3) is 0 Å². The molecule has 1 atom stereocenters. The molecule has 0 N–H and O–H groups in total. The maximum Gasteiger partial charge on any atom is 0.0630 e. The molecule has 0 aromatic carbocycles. The Kier molecular flexibility index (Phi) is 8.02. The molecule has 0 spiro atoms. The Hall–Kier alpha value is -0.160. The molecular weight excluding hydrogens is 334 g/mol. The number of rotatable bonds is 6. The van der Waals surface area contributed by atoms with E-state index in [2.05, 4.69) is 42.4 Å². The van der Waals surface area contributed by atoms with Crippen molar-refractivity contribution in [3.05, 3.63) is 0 Å². The topological polar surface area (TPSA) is 19.0 Å². The second-order valence-electron chi connectivity index (χ2n) is 10.0. The van der Waals surface area contributed by atoms with Crippen molar-refractivity contribution in [1.82, 2.24) is 14.7 Å². The minimum absolute atomic E-state index is 0.590. The average Bonchev–Trinajstić information content (AvgIpc) is 2.68. The number of piperidine rings is 1. The number of ether oxygens (including phenoxy) is 1. The van der Waals surface area contributed by atoms with E-state index in [0.717, 1.165) is 30.5 Å². The summed E-state index contributed by atoms with van der Waals surface area (Å²) >= 11 is 0. The van der Waals surface area contributed by atoms with E-state index in [0.29, 0.717) is 12.1 Å². The molecule has 0 aromatic heterocycles. The number of hydrogen-bond acceptors (Lipinski definition) is 4. The lowest BCUT2D eigenvalue weighted by Gasteiger charge is -2.50. The summed E-state index contributed by atoms with van der Waals surface area (Å²) in [5.41, 5.74) is 0. The Morgan fingerprint density at radius 2 is 1.48 bits per heavy atom. The van der Waals surface area contributed by atoms with E-state index in [1.54, 1.807) is 0 Å². The van der Waals surface area contributed by atoms with E-state index < -0.39 is 0 Å². The molecular formula is C23H45N3O. The molecule has 0 bridgehead atoms. The van der Waals surface area contributed by atoms with E-state index >= 15 is 0 Å². The molecule has 2 saturated heterocycles. The van der Waals surface area contributed by atoms with Gasteiger partial charge in [0, 0.05) is 50.9 Å². The maximum absolute atomic E-state index is 5.67. The molecule has 0 radical (unpaired) electrons. The van der Waals surface area contributed by atoms with Gasteiger partial charge in [0.1, 0.15) is 0 Å². The quantitative estimate of drug-likeness (QED) is 0.700. The highest BCUT2D eigenvalue weighted by Gasteiger charge is 2.37. The third-order valence-corrected chi connectivity index (χ3v) is 7.82. The first-order valence-corrected chi connectivity index (χ1v) is 11.7. The van der Waals surface area contributed by atoms with Gasteiger partial charge < -0.3 is 9.64 Å². The fourth-order valence-electron chi connectivity index (χ4n) is 5.91. The summed E-state index contributed by atoms with van der Waals surface area (Å²) in [4.78, 5) is 8.28. The van der Waals surface area contributed by atoms with E-state index in [-0.39, 0.29) is 0 Å². The second-order valence-corrected chi connectivity index (χ2v) is 10.0. The summed E-state index contributed by atoms with van der Waals surface area (Å²) in [5, 5.41) is 0. The number of piperazine rings is 1. The molecule has 0 amide bonds. The Morgan fingerprint density at radius 1 is 0.815 bits per heavy atom. The standard InChI is InChI=1S/C23H45N3O/c1-18(2)20-6-8-22(9-7-20)26-15-14-25(16-23(26)17-27-5)21-10-12-24(13-11-21)19(3)4/h18-23H,6-17H2,1-5H3/t20?,22?,23-/m1/s1. The summed E-state index contributed by atoms with van der Waals surface area (Å²) < 4.78 is 5.67. The smallest absolute Gasteiger partial charge is 0.0630 e. The normalized spacial score (nSPS) is 33.2. The van der Waals surface area contributed by atoms with Crippen LogP contribution in [-0.4, -0.2) is 85.3 Å². The van der Waals surface area contributed by atoms with Crippen LogP contribution in [0.2, 0.25) is 0 Å². The van der Waals surface area contributed by atoms with Gasteiger partial charge in [-0.2, -0.15) is 0 Å². The third kappa shape index (κ3) is 5.46. The Morgan fingerprint density at radius 3 is 2.04 bits per heavy atom. The van der Waals surface area contributed by atoms with Gasteiger partial charge in [0.05, 0.1) is 6.61 Å². The first kappa shape index (κ1) is 21.5. The summed E-state index contributed by atoms with van der Waals surface area (Å²) in [5.74, 6) is 1.81. The van der Waals surface area contributed by atoms with Crippen molar-refractivity contribution in [2.45, 2.75) is 90.4 Å². The van der Waals surface area contributed by atoms with Crippen molar-refractivity contribution in [1.29, 1.82) is 0 Å². The van der Waals surface area contributed by atoms with Crippen LogP contribution in [0.1, 0.15) is 66.2 Å². The number of likely N-dealkylation sites (tertiary alicyclic amines) is 1. The van der Waals surface area contributed by atoms with Crippen molar-refractivity contribution in [2.75, 3.05) is 46.4 Å². The first-order chi connectivity index (χ1) is 13.0. The van der Waals surface area contributed by atoms with Crippen LogP contribution in [0, 0.1) is 11.8 Å². The molecule has 1 aliphatic carbocycles. The lowest BCUT2D eigenvalue weighted by Crippen LogP contribution is -2.61. The number of methoxy groups -OCH3 is 1. The van der Waals surface area contributed by atoms with Gasteiger partial charge in [-0.3, -0.25) is 9.80 Å². The Balaban J connectivity index is 1.53. The van der Waals surface area contributed by atoms with Crippen LogP contribution in [0.15, 0.2) is 0 Å². The zero-order chi connectivity index (χ0) is 19.4. The van der Waals surface area contributed by atoms with Crippen molar-refractivity contribution in [3.63, 3.8) is 0 Å². The Bertz CT molecular complexity index is 425. The van der Waals surface area contributed by atoms with Crippen LogP contribution in [0.3, 0.4) is 0 Å². The molecule has 158 valence electrons. The molecule has 3 aliphatic rings. The highest BCUT2D eigenvalue weighted by Crippen LogP contribution is 2.34. The molecule has 3 rings (SSSR count). The molecule has 0 aromatic rings. The molecule has 3 fully saturated rings. The van der Waals surface area contributed by atoms with Crippen molar-refractivity contribution < 1.29 is 4.74 Å². The van der Waals surface area contributed by atoms with Crippen molar-refractivity contribution in [2.24, 2.45) is 11.8 Å². The predicted octanol–water partition coefficient (Wildman–Crippen LogP) is 3.71. The third-order valence-electron chi connectivity index (χ3n) is 7.82. The summed E-state index contributed by atoms with van der Waals surface area (Å²) in [6.07, 6.45) is 8.34. The van der Waals surface area contributed by atoms with Crippen LogP contribution < -0.4 is 0 Å². The fourth-order valence-corrected chi connectivity index (χ4v) is 5.91. The lowest BCUT2D eigenvalue weighted by molar-refractivity contribution is -0.0350. The summed E-state index contributed by atoms with van der Waals surface area (Å²) in [6, 6.07) is 2.88. The average molecular weight is 380 g/mol. The molecule has 2 aliphatic heterocycles. The van der Waals surface area contributed by atoms with Crippen LogP contribution in [-0.2, 0) is 4.74 Å². The van der Waals surface area contributed by atoms with Gasteiger partial charge in [-0.25, -0.2) is 0 Å². The predicted molar refractivity (Wildman–Crippen MR) is 114 cm³/mol. The largest absolute Gasteiger partial charge is 0.383 e. The van der Waals surface area contributed by atoms with E-state index in [9.17, 15) is 0 Å². The fraction of sp³-hybridized carbons (Fsp3) is 1.00. The van der Waals surface area contributed by atoms with Gasteiger partial charge in [-0.15, -0.1) is 0 Å². The van der Waals surface area contributed by atoms with E-state index in [1.165, 1.54) is 71.2 Å².